The number of aliphatic hydroxyl groups excluding tert-OH is 7. The molecule has 0 spiro atoms. The second-order valence-corrected chi connectivity index (χ2v) is 17.4. The van der Waals surface area contributed by atoms with Gasteiger partial charge < -0.3 is 64.2 Å². The molecular weight excluding hydrogens is 841 g/mol. The van der Waals surface area contributed by atoms with Crippen molar-refractivity contribution in [2.75, 3.05) is 26.4 Å². The summed E-state index contributed by atoms with van der Waals surface area (Å²) in [4.78, 5) is 25.6. The third kappa shape index (κ3) is 26.0. The van der Waals surface area contributed by atoms with Gasteiger partial charge in [-0.2, -0.15) is 0 Å². The molecule has 15 heteroatoms. The zero-order valence-electron chi connectivity index (χ0n) is 39.5. The number of hydrogen-bond donors (Lipinski definition) is 7. The van der Waals surface area contributed by atoms with Crippen LogP contribution in [0.2, 0.25) is 0 Å². The Kier molecular flexibility index (Phi) is 33.7. The Balaban J connectivity index is 1.87. The highest BCUT2D eigenvalue weighted by molar-refractivity contribution is 5.82. The average molecular weight is 927 g/mol. The van der Waals surface area contributed by atoms with E-state index in [9.17, 15) is 45.3 Å². The van der Waals surface area contributed by atoms with E-state index in [4.69, 9.17) is 28.4 Å². The molecule has 0 aliphatic carbocycles. The SMILES string of the molecule is CCCC/C=C/C/C=C/CCCCCCCC(=O)OC[C@H](CO[C@@H]1O[C@H](CO[C@@H]2O[C@H](CO)[C@H](O)C(O)C2O)[C@H](O)C(O)C1O)OC(=O)/C=C/C=C/CCCCCCCCCCCCC. The van der Waals surface area contributed by atoms with Crippen molar-refractivity contribution in [2.45, 2.75) is 229 Å². The van der Waals surface area contributed by atoms with Crippen molar-refractivity contribution in [1.29, 1.82) is 0 Å². The number of ether oxygens (including phenoxy) is 6. The van der Waals surface area contributed by atoms with Crippen LogP contribution in [0.5, 0.6) is 0 Å². The van der Waals surface area contributed by atoms with Crippen molar-refractivity contribution < 1.29 is 73.8 Å². The van der Waals surface area contributed by atoms with Crippen LogP contribution in [0.4, 0.5) is 0 Å². The summed E-state index contributed by atoms with van der Waals surface area (Å²) in [6, 6.07) is 0. The zero-order valence-corrected chi connectivity index (χ0v) is 39.5. The second-order valence-electron chi connectivity index (χ2n) is 17.4. The molecule has 2 aliphatic heterocycles. The molecular formula is C50H86O15. The molecule has 0 aromatic heterocycles. The molecule has 0 radical (unpaired) electrons. The lowest BCUT2D eigenvalue weighted by Gasteiger charge is -2.42. The molecule has 0 saturated carbocycles. The monoisotopic (exact) mass is 927 g/mol. The van der Waals surface area contributed by atoms with Crippen LogP contribution in [0.25, 0.3) is 0 Å². The molecule has 2 rings (SSSR count). The highest BCUT2D eigenvalue weighted by Crippen LogP contribution is 2.26. The maximum atomic E-state index is 12.9. The third-order valence-electron chi connectivity index (χ3n) is 11.6. The van der Waals surface area contributed by atoms with Gasteiger partial charge in [-0.3, -0.25) is 4.79 Å². The van der Waals surface area contributed by atoms with Crippen LogP contribution in [-0.2, 0) is 38.0 Å². The largest absolute Gasteiger partial charge is 0.462 e. The zero-order chi connectivity index (χ0) is 47.5. The fourth-order valence-electron chi connectivity index (χ4n) is 7.49. The van der Waals surface area contributed by atoms with E-state index in [1.165, 1.54) is 76.7 Å². The van der Waals surface area contributed by atoms with Crippen LogP contribution >= 0.6 is 0 Å². The number of esters is 2. The predicted octanol–water partition coefficient (Wildman–Crippen LogP) is 6.32. The average Bonchev–Trinajstić information content (AvgIpc) is 3.30. The van der Waals surface area contributed by atoms with E-state index in [1.807, 2.05) is 6.08 Å². The van der Waals surface area contributed by atoms with Crippen molar-refractivity contribution in [2.24, 2.45) is 0 Å². The number of hydrogen-bond acceptors (Lipinski definition) is 15. The molecule has 4 unspecified atom stereocenters. The van der Waals surface area contributed by atoms with Gasteiger partial charge in [-0.05, 0) is 44.9 Å². The Morgan fingerprint density at radius 2 is 1.05 bits per heavy atom. The van der Waals surface area contributed by atoms with Crippen molar-refractivity contribution >= 4 is 11.9 Å². The molecule has 15 nitrogen and oxygen atoms in total. The summed E-state index contributed by atoms with van der Waals surface area (Å²) in [5.74, 6) is -1.20. The highest BCUT2D eigenvalue weighted by Gasteiger charge is 2.47. The van der Waals surface area contributed by atoms with Crippen LogP contribution in [0.3, 0.4) is 0 Å². The van der Waals surface area contributed by atoms with Gasteiger partial charge >= 0.3 is 11.9 Å². The summed E-state index contributed by atoms with van der Waals surface area (Å²) in [5, 5.41) is 71.9. The summed E-state index contributed by atoms with van der Waals surface area (Å²) in [6.45, 7) is 2.40. The first-order valence-electron chi connectivity index (χ1n) is 24.8. The molecule has 376 valence electrons. The molecule has 65 heavy (non-hydrogen) atoms. The maximum absolute atomic E-state index is 12.9. The van der Waals surface area contributed by atoms with Gasteiger partial charge in [0.1, 0.15) is 55.4 Å². The van der Waals surface area contributed by atoms with Gasteiger partial charge in [0.25, 0.3) is 0 Å². The summed E-state index contributed by atoms with van der Waals surface area (Å²) >= 11 is 0. The summed E-state index contributed by atoms with van der Waals surface area (Å²) in [6.07, 6.45) is 23.5. The quantitative estimate of drug-likeness (QED) is 0.0119. The van der Waals surface area contributed by atoms with Crippen LogP contribution in [0.15, 0.2) is 48.6 Å². The first-order valence-corrected chi connectivity index (χ1v) is 24.8. The van der Waals surface area contributed by atoms with E-state index in [0.29, 0.717) is 6.42 Å². The van der Waals surface area contributed by atoms with E-state index < -0.39 is 99.3 Å². The molecule has 0 aromatic rings. The van der Waals surface area contributed by atoms with E-state index in [1.54, 1.807) is 12.2 Å². The van der Waals surface area contributed by atoms with Gasteiger partial charge in [-0.1, -0.05) is 153 Å². The maximum Gasteiger partial charge on any atom is 0.331 e. The minimum Gasteiger partial charge on any atom is -0.462 e. The van der Waals surface area contributed by atoms with Gasteiger partial charge in [0.2, 0.25) is 0 Å². The smallest absolute Gasteiger partial charge is 0.331 e. The Morgan fingerprint density at radius 3 is 1.65 bits per heavy atom. The second kappa shape index (κ2) is 37.4. The Labute approximate surface area is 388 Å². The fourth-order valence-corrected chi connectivity index (χ4v) is 7.49. The van der Waals surface area contributed by atoms with Crippen LogP contribution in [-0.4, -0.2) is 142 Å². The van der Waals surface area contributed by atoms with Gasteiger partial charge in [0.05, 0.1) is 19.8 Å². The van der Waals surface area contributed by atoms with Crippen molar-refractivity contribution in [3.05, 3.63) is 48.6 Å². The van der Waals surface area contributed by atoms with Crippen molar-refractivity contribution in [3.8, 4) is 0 Å². The lowest BCUT2D eigenvalue weighted by Crippen LogP contribution is -2.61. The van der Waals surface area contributed by atoms with E-state index >= 15 is 0 Å². The Hall–Kier alpha value is -2.54. The summed E-state index contributed by atoms with van der Waals surface area (Å²) < 4.78 is 33.3. The molecule has 0 amide bonds. The predicted molar refractivity (Wildman–Crippen MR) is 247 cm³/mol. The van der Waals surface area contributed by atoms with Crippen LogP contribution < -0.4 is 0 Å². The minimum absolute atomic E-state index is 0.181. The van der Waals surface area contributed by atoms with E-state index in [-0.39, 0.29) is 13.0 Å². The molecule has 7 N–H and O–H groups in total. The first kappa shape index (κ1) is 58.6. The number of aliphatic hydroxyl groups is 7. The number of carbonyl (C=O) groups is 2. The topological polar surface area (TPSA) is 231 Å². The van der Waals surface area contributed by atoms with Gasteiger partial charge in [0.15, 0.2) is 18.7 Å². The number of unbranched alkanes of at least 4 members (excludes halogenated alkanes) is 18. The number of rotatable bonds is 37. The molecule has 2 fully saturated rings. The van der Waals surface area contributed by atoms with Gasteiger partial charge in [0, 0.05) is 12.5 Å². The molecule has 2 saturated heterocycles. The van der Waals surface area contributed by atoms with Gasteiger partial charge in [-0.25, -0.2) is 4.79 Å². The Bertz CT molecular complexity index is 1320. The summed E-state index contributed by atoms with van der Waals surface area (Å²) in [5.41, 5.74) is 0. The Morgan fingerprint density at radius 1 is 0.538 bits per heavy atom. The van der Waals surface area contributed by atoms with Crippen LogP contribution in [0.1, 0.15) is 162 Å². The highest BCUT2D eigenvalue weighted by atomic mass is 16.7. The third-order valence-corrected chi connectivity index (χ3v) is 11.6. The normalized spacial score (nSPS) is 26.8. The van der Waals surface area contributed by atoms with E-state index in [0.717, 1.165) is 64.2 Å². The fraction of sp³-hybridized carbons (Fsp3) is 0.800. The standard InChI is InChI=1S/C50H86O15/c1-3-5-7-9-11-13-15-17-19-21-23-25-27-29-31-33-42(53)63-38(35-60-41(52)32-30-28-26-24-22-20-18-16-14-12-10-8-6-4-2)36-61-49-48(59)46(57)44(55)40(65-49)37-62-50-47(58)45(56)43(54)39(34-51)64-50/h10,12,16,18,27,29,31,33,38-40,43-51,54-59H,3-9,11,13-15,17,19-26,28,30,32,34-37H2,1-2H3/b12-10+,18-16+,29-27+,33-31+/t38-,39-,40-,43+,44+,45?,46?,47?,48?,49-,50-/m1/s1. The van der Waals surface area contributed by atoms with Crippen LogP contribution in [0, 0.1) is 0 Å². The lowest BCUT2D eigenvalue weighted by molar-refractivity contribution is -0.332. The first-order chi connectivity index (χ1) is 31.5. The number of allylic oxidation sites excluding steroid dienone is 7. The lowest BCUT2D eigenvalue weighted by atomic mass is 9.98. The molecule has 0 bridgehead atoms. The number of carbonyl (C=O) groups excluding carboxylic acids is 2. The summed E-state index contributed by atoms with van der Waals surface area (Å²) in [7, 11) is 0. The molecule has 2 aliphatic rings. The molecule has 0 aromatic carbocycles. The van der Waals surface area contributed by atoms with Crippen molar-refractivity contribution in [3.63, 3.8) is 0 Å². The minimum atomic E-state index is -1.78. The molecule has 2 heterocycles. The van der Waals surface area contributed by atoms with Crippen molar-refractivity contribution in [1.82, 2.24) is 0 Å². The molecule has 11 atom stereocenters. The van der Waals surface area contributed by atoms with Gasteiger partial charge in [-0.15, -0.1) is 0 Å². The van der Waals surface area contributed by atoms with E-state index in [2.05, 4.69) is 38.2 Å².